The van der Waals surface area contributed by atoms with Gasteiger partial charge in [0.25, 0.3) is 5.91 Å². The van der Waals surface area contributed by atoms with Crippen LogP contribution >= 0.6 is 23.5 Å². The maximum atomic E-state index is 13.4. The smallest absolute Gasteiger partial charge is 0.326 e. The number of nitrogens with one attached hydrogen (secondary N) is 1. The van der Waals surface area contributed by atoms with Crippen LogP contribution in [-0.4, -0.2) is 71.5 Å². The minimum atomic E-state index is -1.02. The largest absolute Gasteiger partial charge is 0.480 e. The predicted octanol–water partition coefficient (Wildman–Crippen LogP) is 5.98. The molecule has 1 saturated heterocycles. The highest BCUT2D eigenvalue weighted by atomic mass is 32.2. The molecule has 1 fully saturated rings. The Morgan fingerprint density at radius 3 is 2.52 bits per heavy atom. The Bertz CT molecular complexity index is 1290. The van der Waals surface area contributed by atoms with Crippen LogP contribution in [0.1, 0.15) is 34.3 Å². The van der Waals surface area contributed by atoms with Gasteiger partial charge in [-0.05, 0) is 78.3 Å². The topological polar surface area (TPSA) is 78.9 Å². The maximum Gasteiger partial charge on any atom is 0.326 e. The van der Waals surface area contributed by atoms with Crippen molar-refractivity contribution in [3.63, 3.8) is 0 Å². The van der Waals surface area contributed by atoms with Crippen LogP contribution in [-0.2, 0) is 16.1 Å². The SMILES string of the molecule is COC[C@@H]1C[C@@H](Sc2ccccc2)CN1Cc1ccc(C(=O)N[C@@H](CCSC)C(=O)O)c(-c2ccccc2C)c1. The zero-order valence-electron chi connectivity index (χ0n) is 23.3. The Hall–Kier alpha value is -2.78. The van der Waals surface area contributed by atoms with Gasteiger partial charge in [-0.2, -0.15) is 11.8 Å². The normalized spacial score (nSPS) is 18.0. The number of carboxylic acids is 1. The lowest BCUT2D eigenvalue weighted by atomic mass is 9.93. The quantitative estimate of drug-likeness (QED) is 0.258. The van der Waals surface area contributed by atoms with Crippen LogP contribution < -0.4 is 5.32 Å². The van der Waals surface area contributed by atoms with E-state index >= 15 is 0 Å². The molecule has 0 aromatic heterocycles. The van der Waals surface area contributed by atoms with Crippen molar-refractivity contribution in [1.82, 2.24) is 10.2 Å². The first-order valence-corrected chi connectivity index (χ1v) is 15.8. The molecule has 1 amide bonds. The fraction of sp³-hybridized carbons (Fsp3) is 0.375. The fourth-order valence-corrected chi connectivity index (χ4v) is 6.98. The van der Waals surface area contributed by atoms with Gasteiger partial charge in [-0.3, -0.25) is 9.69 Å². The molecule has 3 atom stereocenters. The van der Waals surface area contributed by atoms with E-state index in [1.807, 2.05) is 67.4 Å². The molecule has 1 aliphatic heterocycles. The van der Waals surface area contributed by atoms with Gasteiger partial charge >= 0.3 is 5.97 Å². The Labute approximate surface area is 245 Å². The summed E-state index contributed by atoms with van der Waals surface area (Å²) in [4.78, 5) is 29.0. The van der Waals surface area contributed by atoms with Crippen LogP contribution in [0.3, 0.4) is 0 Å². The lowest BCUT2D eigenvalue weighted by Gasteiger charge is -2.24. The van der Waals surface area contributed by atoms with Crippen LogP contribution in [0, 0.1) is 6.92 Å². The van der Waals surface area contributed by atoms with E-state index in [1.165, 1.54) is 4.90 Å². The first-order chi connectivity index (χ1) is 19.4. The minimum Gasteiger partial charge on any atom is -0.480 e. The number of carboxylic acid groups (broad SMARTS) is 1. The van der Waals surface area contributed by atoms with Crippen molar-refractivity contribution in [3.8, 4) is 11.1 Å². The van der Waals surface area contributed by atoms with Gasteiger partial charge in [0.05, 0.1) is 6.61 Å². The van der Waals surface area contributed by atoms with E-state index in [4.69, 9.17) is 4.74 Å². The molecule has 212 valence electrons. The van der Waals surface area contributed by atoms with Crippen LogP contribution in [0.4, 0.5) is 0 Å². The molecule has 2 N–H and O–H groups in total. The van der Waals surface area contributed by atoms with Crippen molar-refractivity contribution >= 4 is 35.4 Å². The first-order valence-electron chi connectivity index (χ1n) is 13.6. The summed E-state index contributed by atoms with van der Waals surface area (Å²) in [5.41, 5.74) is 4.44. The molecule has 1 heterocycles. The summed E-state index contributed by atoms with van der Waals surface area (Å²) in [6, 6.07) is 23.8. The van der Waals surface area contributed by atoms with E-state index in [9.17, 15) is 14.7 Å². The number of methoxy groups -OCH3 is 1. The number of amides is 1. The second-order valence-electron chi connectivity index (χ2n) is 10.2. The molecule has 0 bridgehead atoms. The monoisotopic (exact) mass is 578 g/mol. The molecular weight excluding hydrogens is 540 g/mol. The highest BCUT2D eigenvalue weighted by Gasteiger charge is 2.33. The number of hydrogen-bond acceptors (Lipinski definition) is 6. The van der Waals surface area contributed by atoms with Gasteiger partial charge in [0.15, 0.2) is 0 Å². The molecule has 4 rings (SSSR count). The molecule has 0 aliphatic carbocycles. The predicted molar refractivity (Wildman–Crippen MR) is 165 cm³/mol. The van der Waals surface area contributed by atoms with Crippen molar-refractivity contribution < 1.29 is 19.4 Å². The van der Waals surface area contributed by atoms with E-state index < -0.39 is 12.0 Å². The molecular formula is C32H38N2O4S2. The van der Waals surface area contributed by atoms with E-state index in [0.29, 0.717) is 35.6 Å². The number of carbonyl (C=O) groups excluding carboxylic acids is 1. The van der Waals surface area contributed by atoms with Gasteiger partial charge in [0.2, 0.25) is 0 Å². The number of aryl methyl sites for hydroxylation is 1. The van der Waals surface area contributed by atoms with E-state index in [2.05, 4.69) is 40.5 Å². The maximum absolute atomic E-state index is 13.4. The fourth-order valence-electron chi connectivity index (χ4n) is 5.22. The van der Waals surface area contributed by atoms with Crippen molar-refractivity contribution in [2.45, 2.75) is 48.5 Å². The van der Waals surface area contributed by atoms with Gasteiger partial charge < -0.3 is 15.2 Å². The number of nitrogens with zero attached hydrogens (tertiary/aromatic N) is 1. The highest BCUT2D eigenvalue weighted by Crippen LogP contribution is 2.35. The van der Waals surface area contributed by atoms with Crippen molar-refractivity contribution in [2.24, 2.45) is 0 Å². The zero-order chi connectivity index (χ0) is 28.5. The molecule has 3 aromatic rings. The van der Waals surface area contributed by atoms with Gasteiger partial charge in [0, 0.05) is 42.0 Å². The summed E-state index contributed by atoms with van der Waals surface area (Å²) in [5, 5.41) is 12.9. The summed E-state index contributed by atoms with van der Waals surface area (Å²) in [7, 11) is 1.75. The summed E-state index contributed by atoms with van der Waals surface area (Å²) < 4.78 is 5.58. The van der Waals surface area contributed by atoms with Gasteiger partial charge in [0.1, 0.15) is 6.04 Å². The van der Waals surface area contributed by atoms with Gasteiger partial charge in [-0.25, -0.2) is 4.79 Å². The lowest BCUT2D eigenvalue weighted by Crippen LogP contribution is -2.41. The molecule has 8 heteroatoms. The van der Waals surface area contributed by atoms with Crippen molar-refractivity contribution in [3.05, 3.63) is 89.5 Å². The third-order valence-electron chi connectivity index (χ3n) is 7.26. The van der Waals surface area contributed by atoms with Crippen LogP contribution in [0.15, 0.2) is 77.7 Å². The Morgan fingerprint density at radius 2 is 1.82 bits per heavy atom. The third kappa shape index (κ3) is 7.91. The summed E-state index contributed by atoms with van der Waals surface area (Å²) in [6.45, 7) is 4.39. The molecule has 0 unspecified atom stereocenters. The van der Waals surface area contributed by atoms with Gasteiger partial charge in [-0.1, -0.05) is 48.5 Å². The second kappa shape index (κ2) is 14.7. The lowest BCUT2D eigenvalue weighted by molar-refractivity contribution is -0.139. The molecule has 3 aromatic carbocycles. The van der Waals surface area contributed by atoms with Crippen molar-refractivity contribution in [2.75, 3.05) is 32.3 Å². The minimum absolute atomic E-state index is 0.309. The second-order valence-corrected chi connectivity index (χ2v) is 12.5. The van der Waals surface area contributed by atoms with Gasteiger partial charge in [-0.15, -0.1) is 11.8 Å². The summed E-state index contributed by atoms with van der Waals surface area (Å²) >= 11 is 3.48. The highest BCUT2D eigenvalue weighted by molar-refractivity contribution is 8.00. The van der Waals surface area contributed by atoms with Crippen LogP contribution in [0.25, 0.3) is 11.1 Å². The number of aliphatic carboxylic acids is 1. The molecule has 40 heavy (non-hydrogen) atoms. The molecule has 6 nitrogen and oxygen atoms in total. The molecule has 0 spiro atoms. The first kappa shape index (κ1) is 30.2. The molecule has 0 radical (unpaired) electrons. The summed E-state index contributed by atoms with van der Waals surface area (Å²) in [6.07, 6.45) is 3.35. The number of ether oxygens (including phenoxy) is 1. The van der Waals surface area contributed by atoms with E-state index in [-0.39, 0.29) is 5.91 Å². The Kier molecular flexibility index (Phi) is 11.1. The number of rotatable bonds is 13. The molecule has 1 aliphatic rings. The van der Waals surface area contributed by atoms with E-state index in [0.717, 1.165) is 41.8 Å². The number of benzene rings is 3. The third-order valence-corrected chi connectivity index (χ3v) is 9.12. The Balaban J connectivity index is 1.59. The number of thioether (sulfide) groups is 2. The van der Waals surface area contributed by atoms with E-state index in [1.54, 1.807) is 18.9 Å². The average Bonchev–Trinajstić information content (AvgIpc) is 3.31. The average molecular weight is 579 g/mol. The van der Waals surface area contributed by atoms with Crippen molar-refractivity contribution in [1.29, 1.82) is 0 Å². The number of likely N-dealkylation sites (tertiary alicyclic amines) is 1. The number of carbonyl (C=O) groups is 2. The Morgan fingerprint density at radius 1 is 1.07 bits per heavy atom. The van der Waals surface area contributed by atoms with Crippen LogP contribution in [0.2, 0.25) is 0 Å². The standard InChI is InChI=1S/C32H38N2O4S2/c1-22-9-7-8-12-27(22)29-17-23(13-14-28(29)31(35)33-30(32(36)37)15-16-39-3)19-34-20-26(18-24(34)21-38-2)40-25-10-5-4-6-11-25/h4-14,17,24,26,30H,15-16,18-21H2,1-3H3,(H,33,35)(H,36,37)/t24-,26+,30-/m0/s1. The zero-order valence-corrected chi connectivity index (χ0v) is 25.0. The van der Waals surface area contributed by atoms with Crippen LogP contribution in [0.5, 0.6) is 0 Å². The summed E-state index contributed by atoms with van der Waals surface area (Å²) in [5.74, 6) is -0.725. The molecule has 0 saturated carbocycles. The number of hydrogen-bond donors (Lipinski definition) is 2.